The number of hydrogen-bond acceptors (Lipinski definition) is 4. The number of carbonyl (C=O) groups excluding carboxylic acids is 1. The van der Waals surface area contributed by atoms with Gasteiger partial charge < -0.3 is 10.8 Å². The molecule has 16 heavy (non-hydrogen) atoms. The van der Waals surface area contributed by atoms with Crippen molar-refractivity contribution in [1.29, 1.82) is 0 Å². The van der Waals surface area contributed by atoms with E-state index in [0.29, 0.717) is 24.3 Å². The Kier molecular flexibility index (Phi) is 4.95. The van der Waals surface area contributed by atoms with E-state index in [2.05, 4.69) is 0 Å². The quantitative estimate of drug-likeness (QED) is 0.551. The molecule has 0 bridgehead atoms. The number of Topliss-reactive ketones (excluding diaryl/α,β-unsaturated/α-hetero) is 1. The molecule has 0 aliphatic rings. The summed E-state index contributed by atoms with van der Waals surface area (Å²) in [7, 11) is 0. The fraction of sp³-hybridized carbons (Fsp3) is 0.417. The minimum Gasteiger partial charge on any atom is -0.399 e. The molecule has 0 atom stereocenters. The topological polar surface area (TPSA) is 66.6 Å². The molecule has 3 N–H and O–H groups in total. The molecule has 0 heterocycles. The maximum atomic E-state index is 11.9. The summed E-state index contributed by atoms with van der Waals surface area (Å²) in [5, 5.41) is 8.82. The number of nitrogen functional groups attached to an aromatic ring is 1. The Morgan fingerprint density at radius 3 is 2.81 bits per heavy atom. The number of likely N-dealkylation sites (N-methyl/N-ethyl adjacent to an activating group) is 1. The van der Waals surface area contributed by atoms with Gasteiger partial charge in [0, 0.05) is 17.8 Å². The van der Waals surface area contributed by atoms with Crippen molar-refractivity contribution in [1.82, 2.24) is 4.90 Å². The third-order valence-electron chi connectivity index (χ3n) is 2.44. The van der Waals surface area contributed by atoms with Crippen LogP contribution in [0, 0.1) is 0 Å². The van der Waals surface area contributed by atoms with Gasteiger partial charge in [-0.3, -0.25) is 9.69 Å². The molecule has 0 aromatic heterocycles. The van der Waals surface area contributed by atoms with E-state index in [4.69, 9.17) is 10.8 Å². The number of anilines is 1. The second kappa shape index (κ2) is 6.25. The number of carbonyl (C=O) groups is 1. The molecule has 0 amide bonds. The van der Waals surface area contributed by atoms with Crippen molar-refractivity contribution in [2.24, 2.45) is 0 Å². The Labute approximate surface area is 95.7 Å². The molecule has 1 aromatic carbocycles. The Hall–Kier alpha value is -1.39. The minimum atomic E-state index is 0.0302. The van der Waals surface area contributed by atoms with E-state index in [1.807, 2.05) is 11.8 Å². The summed E-state index contributed by atoms with van der Waals surface area (Å²) in [5.41, 5.74) is 6.83. The zero-order valence-corrected chi connectivity index (χ0v) is 9.52. The van der Waals surface area contributed by atoms with Crippen LogP contribution in [0.3, 0.4) is 0 Å². The van der Waals surface area contributed by atoms with E-state index in [-0.39, 0.29) is 12.4 Å². The van der Waals surface area contributed by atoms with E-state index in [1.165, 1.54) is 0 Å². The maximum absolute atomic E-state index is 11.9. The summed E-state index contributed by atoms with van der Waals surface area (Å²) in [6.07, 6.45) is 0. The first kappa shape index (κ1) is 12.7. The minimum absolute atomic E-state index is 0.0302. The molecule has 0 spiro atoms. The van der Waals surface area contributed by atoms with Gasteiger partial charge in [-0.05, 0) is 18.7 Å². The van der Waals surface area contributed by atoms with Crippen molar-refractivity contribution in [2.75, 3.05) is 32.0 Å². The second-order valence-corrected chi connectivity index (χ2v) is 3.64. The van der Waals surface area contributed by atoms with Gasteiger partial charge in [0.15, 0.2) is 5.78 Å². The Bertz CT molecular complexity index is 353. The summed E-state index contributed by atoms with van der Waals surface area (Å²) in [4.78, 5) is 13.8. The van der Waals surface area contributed by atoms with Crippen LogP contribution in [0.25, 0.3) is 0 Å². The van der Waals surface area contributed by atoms with Crippen molar-refractivity contribution in [3.63, 3.8) is 0 Å². The van der Waals surface area contributed by atoms with E-state index in [0.717, 1.165) is 6.54 Å². The fourth-order valence-electron chi connectivity index (χ4n) is 1.50. The Morgan fingerprint density at radius 1 is 1.50 bits per heavy atom. The monoisotopic (exact) mass is 222 g/mol. The highest BCUT2D eigenvalue weighted by atomic mass is 16.3. The molecule has 1 aromatic rings. The van der Waals surface area contributed by atoms with Crippen molar-refractivity contribution in [3.05, 3.63) is 29.8 Å². The van der Waals surface area contributed by atoms with Gasteiger partial charge in [-0.25, -0.2) is 0 Å². The average Bonchev–Trinajstić information content (AvgIpc) is 2.28. The molecule has 0 unspecified atom stereocenters. The lowest BCUT2D eigenvalue weighted by molar-refractivity contribution is 0.0919. The van der Waals surface area contributed by atoms with Crippen LogP contribution in [0.2, 0.25) is 0 Å². The summed E-state index contributed by atoms with van der Waals surface area (Å²) < 4.78 is 0. The number of benzene rings is 1. The van der Waals surface area contributed by atoms with Gasteiger partial charge in [-0.15, -0.1) is 0 Å². The summed E-state index contributed by atoms with van der Waals surface area (Å²) >= 11 is 0. The highest BCUT2D eigenvalue weighted by Crippen LogP contribution is 2.08. The lowest BCUT2D eigenvalue weighted by Gasteiger charge is -2.17. The lowest BCUT2D eigenvalue weighted by Crippen LogP contribution is -2.32. The first-order chi connectivity index (χ1) is 7.67. The normalized spacial score (nSPS) is 10.7. The van der Waals surface area contributed by atoms with Crippen molar-refractivity contribution in [3.8, 4) is 0 Å². The van der Waals surface area contributed by atoms with Gasteiger partial charge >= 0.3 is 0 Å². The Balaban J connectivity index is 2.64. The lowest BCUT2D eigenvalue weighted by atomic mass is 10.1. The fourth-order valence-corrected chi connectivity index (χ4v) is 1.50. The first-order valence-electron chi connectivity index (χ1n) is 5.39. The van der Waals surface area contributed by atoms with Crippen molar-refractivity contribution < 1.29 is 9.90 Å². The predicted molar refractivity (Wildman–Crippen MR) is 64.4 cm³/mol. The van der Waals surface area contributed by atoms with Gasteiger partial charge in [-0.1, -0.05) is 19.1 Å². The van der Waals surface area contributed by atoms with Crippen LogP contribution < -0.4 is 5.73 Å². The van der Waals surface area contributed by atoms with Crippen LogP contribution >= 0.6 is 0 Å². The van der Waals surface area contributed by atoms with Crippen LogP contribution in [0.5, 0.6) is 0 Å². The maximum Gasteiger partial charge on any atom is 0.176 e. The number of hydrogen-bond donors (Lipinski definition) is 2. The van der Waals surface area contributed by atoms with Crippen LogP contribution in [-0.2, 0) is 0 Å². The smallest absolute Gasteiger partial charge is 0.176 e. The summed E-state index contributed by atoms with van der Waals surface area (Å²) in [6.45, 7) is 3.61. The third-order valence-corrected chi connectivity index (χ3v) is 2.44. The number of aliphatic hydroxyl groups is 1. The van der Waals surface area contributed by atoms with E-state index < -0.39 is 0 Å². The molecule has 4 heteroatoms. The first-order valence-corrected chi connectivity index (χ1v) is 5.39. The molecule has 0 aliphatic heterocycles. The van der Waals surface area contributed by atoms with Crippen LogP contribution in [-0.4, -0.2) is 42.0 Å². The number of ketones is 1. The van der Waals surface area contributed by atoms with E-state index in [1.54, 1.807) is 24.3 Å². The SMILES string of the molecule is CCN(CCO)CC(=O)c1cccc(N)c1. The highest BCUT2D eigenvalue weighted by molar-refractivity contribution is 5.98. The largest absolute Gasteiger partial charge is 0.399 e. The molecule has 0 radical (unpaired) electrons. The van der Waals surface area contributed by atoms with Crippen molar-refractivity contribution >= 4 is 11.5 Å². The van der Waals surface area contributed by atoms with Crippen LogP contribution in [0.1, 0.15) is 17.3 Å². The molecular weight excluding hydrogens is 204 g/mol. The highest BCUT2D eigenvalue weighted by Gasteiger charge is 2.10. The molecule has 4 nitrogen and oxygen atoms in total. The Morgan fingerprint density at radius 2 is 2.25 bits per heavy atom. The number of nitrogens with zero attached hydrogens (tertiary/aromatic N) is 1. The van der Waals surface area contributed by atoms with Crippen molar-refractivity contribution in [2.45, 2.75) is 6.92 Å². The standard InChI is InChI=1S/C12H18N2O2/c1-2-14(6-7-15)9-12(16)10-4-3-5-11(13)8-10/h3-5,8,15H,2,6-7,9,13H2,1H3. The number of rotatable bonds is 6. The molecular formula is C12H18N2O2. The predicted octanol–water partition coefficient (Wildman–Crippen LogP) is 0.766. The molecule has 88 valence electrons. The molecule has 0 saturated carbocycles. The average molecular weight is 222 g/mol. The number of aliphatic hydroxyl groups excluding tert-OH is 1. The second-order valence-electron chi connectivity index (χ2n) is 3.64. The van der Waals surface area contributed by atoms with Gasteiger partial charge in [0.05, 0.1) is 13.2 Å². The van der Waals surface area contributed by atoms with Crippen LogP contribution in [0.4, 0.5) is 5.69 Å². The molecule has 0 saturated heterocycles. The summed E-state index contributed by atoms with van der Waals surface area (Å²) in [6, 6.07) is 6.95. The van der Waals surface area contributed by atoms with Gasteiger partial charge in [0.25, 0.3) is 0 Å². The molecule has 1 rings (SSSR count). The van der Waals surface area contributed by atoms with Crippen LogP contribution in [0.15, 0.2) is 24.3 Å². The zero-order valence-electron chi connectivity index (χ0n) is 9.52. The third kappa shape index (κ3) is 3.64. The van der Waals surface area contributed by atoms with E-state index in [9.17, 15) is 4.79 Å². The van der Waals surface area contributed by atoms with Gasteiger partial charge in [0.2, 0.25) is 0 Å². The number of nitrogens with two attached hydrogens (primary N) is 1. The summed E-state index contributed by atoms with van der Waals surface area (Å²) in [5.74, 6) is 0.0302. The van der Waals surface area contributed by atoms with E-state index >= 15 is 0 Å². The van der Waals surface area contributed by atoms with Gasteiger partial charge in [0.1, 0.15) is 0 Å². The van der Waals surface area contributed by atoms with Gasteiger partial charge in [-0.2, -0.15) is 0 Å². The molecule has 0 fully saturated rings. The molecule has 0 aliphatic carbocycles. The zero-order chi connectivity index (χ0) is 12.0.